The van der Waals surface area contributed by atoms with Crippen molar-refractivity contribution >= 4 is 33.5 Å². The largest absolute Gasteiger partial charge is 0.456 e. The SMILES string of the molecule is CC(C(=O)Nc1ccc2c(c1)oc1ccccc12)C1CNC1. The van der Waals surface area contributed by atoms with Gasteiger partial charge in [-0.15, -0.1) is 0 Å². The summed E-state index contributed by atoms with van der Waals surface area (Å²) in [5.74, 6) is 0.532. The fraction of sp³-hybridized carbons (Fsp3) is 0.278. The van der Waals surface area contributed by atoms with Gasteiger partial charge in [-0.3, -0.25) is 4.79 Å². The van der Waals surface area contributed by atoms with Gasteiger partial charge in [0, 0.05) is 28.4 Å². The van der Waals surface area contributed by atoms with Crippen LogP contribution in [-0.2, 0) is 4.79 Å². The Bertz CT molecular complexity index is 849. The molecule has 3 aromatic rings. The fourth-order valence-corrected chi connectivity index (χ4v) is 2.94. The first-order chi connectivity index (χ1) is 10.7. The molecule has 1 fully saturated rings. The number of para-hydroxylation sites is 1. The van der Waals surface area contributed by atoms with E-state index in [9.17, 15) is 4.79 Å². The zero-order valence-corrected chi connectivity index (χ0v) is 12.4. The van der Waals surface area contributed by atoms with Crippen LogP contribution in [-0.4, -0.2) is 19.0 Å². The molecule has 22 heavy (non-hydrogen) atoms. The lowest BCUT2D eigenvalue weighted by molar-refractivity contribution is -0.121. The molecular formula is C18H18N2O2. The van der Waals surface area contributed by atoms with Crippen LogP contribution in [0.25, 0.3) is 21.9 Å². The van der Waals surface area contributed by atoms with E-state index in [0.29, 0.717) is 5.92 Å². The lowest BCUT2D eigenvalue weighted by atomic mass is 9.88. The minimum absolute atomic E-state index is 0.0209. The normalized spacial score (nSPS) is 16.6. The van der Waals surface area contributed by atoms with E-state index in [1.807, 2.05) is 49.4 Å². The summed E-state index contributed by atoms with van der Waals surface area (Å²) in [6, 6.07) is 13.8. The molecular weight excluding hydrogens is 276 g/mol. The molecule has 0 saturated carbocycles. The Kier molecular flexibility index (Phi) is 3.12. The summed E-state index contributed by atoms with van der Waals surface area (Å²) in [6.07, 6.45) is 0. The van der Waals surface area contributed by atoms with Crippen LogP contribution in [0.15, 0.2) is 46.9 Å². The van der Waals surface area contributed by atoms with Crippen LogP contribution in [0.2, 0.25) is 0 Å². The van der Waals surface area contributed by atoms with E-state index in [0.717, 1.165) is 40.7 Å². The first-order valence-electron chi connectivity index (χ1n) is 7.65. The van der Waals surface area contributed by atoms with Gasteiger partial charge in [0.15, 0.2) is 0 Å². The van der Waals surface area contributed by atoms with E-state index in [2.05, 4.69) is 10.6 Å². The Hall–Kier alpha value is -2.33. The molecule has 0 spiro atoms. The van der Waals surface area contributed by atoms with Crippen molar-refractivity contribution in [3.05, 3.63) is 42.5 Å². The van der Waals surface area contributed by atoms with Crippen molar-refractivity contribution in [3.8, 4) is 0 Å². The minimum Gasteiger partial charge on any atom is -0.456 e. The van der Waals surface area contributed by atoms with Gasteiger partial charge in [0.2, 0.25) is 5.91 Å². The maximum Gasteiger partial charge on any atom is 0.227 e. The smallest absolute Gasteiger partial charge is 0.227 e. The van der Waals surface area contributed by atoms with Crippen LogP contribution in [0.4, 0.5) is 5.69 Å². The van der Waals surface area contributed by atoms with Crippen molar-refractivity contribution in [2.24, 2.45) is 11.8 Å². The maximum atomic E-state index is 12.3. The molecule has 2 heterocycles. The number of benzene rings is 2. The average Bonchev–Trinajstić information content (AvgIpc) is 2.83. The van der Waals surface area contributed by atoms with E-state index in [4.69, 9.17) is 4.42 Å². The van der Waals surface area contributed by atoms with Crippen molar-refractivity contribution < 1.29 is 9.21 Å². The highest BCUT2D eigenvalue weighted by Crippen LogP contribution is 2.30. The summed E-state index contributed by atoms with van der Waals surface area (Å²) >= 11 is 0. The van der Waals surface area contributed by atoms with Crippen molar-refractivity contribution in [2.45, 2.75) is 6.92 Å². The number of carbonyl (C=O) groups excluding carboxylic acids is 1. The predicted molar refractivity (Wildman–Crippen MR) is 87.9 cm³/mol. The Morgan fingerprint density at radius 3 is 2.73 bits per heavy atom. The third kappa shape index (κ3) is 2.16. The first kappa shape index (κ1) is 13.3. The molecule has 1 unspecified atom stereocenters. The van der Waals surface area contributed by atoms with Crippen LogP contribution in [0, 0.1) is 11.8 Å². The number of amides is 1. The van der Waals surface area contributed by atoms with E-state index >= 15 is 0 Å². The molecule has 1 amide bonds. The van der Waals surface area contributed by atoms with Crippen LogP contribution < -0.4 is 10.6 Å². The first-order valence-corrected chi connectivity index (χ1v) is 7.65. The minimum atomic E-state index is 0.0209. The molecule has 112 valence electrons. The summed E-state index contributed by atoms with van der Waals surface area (Å²) in [6.45, 7) is 3.84. The van der Waals surface area contributed by atoms with Gasteiger partial charge in [-0.1, -0.05) is 25.1 Å². The molecule has 4 heteroatoms. The summed E-state index contributed by atoms with van der Waals surface area (Å²) < 4.78 is 5.85. The molecule has 4 rings (SSSR count). The zero-order valence-electron chi connectivity index (χ0n) is 12.4. The highest BCUT2D eigenvalue weighted by atomic mass is 16.3. The average molecular weight is 294 g/mol. The van der Waals surface area contributed by atoms with Crippen molar-refractivity contribution in [3.63, 3.8) is 0 Å². The molecule has 4 nitrogen and oxygen atoms in total. The molecule has 0 aliphatic carbocycles. The highest BCUT2D eigenvalue weighted by molar-refractivity contribution is 6.06. The third-order valence-electron chi connectivity index (χ3n) is 4.58. The highest BCUT2D eigenvalue weighted by Gasteiger charge is 2.28. The second-order valence-electron chi connectivity index (χ2n) is 6.01. The Labute approximate surface area is 128 Å². The van der Waals surface area contributed by atoms with Gasteiger partial charge in [-0.25, -0.2) is 0 Å². The van der Waals surface area contributed by atoms with Crippen LogP contribution >= 0.6 is 0 Å². The molecule has 1 aliphatic rings. The number of hydrogen-bond donors (Lipinski definition) is 2. The second-order valence-corrected chi connectivity index (χ2v) is 6.01. The number of rotatable bonds is 3. The van der Waals surface area contributed by atoms with Gasteiger partial charge in [0.25, 0.3) is 0 Å². The fourth-order valence-electron chi connectivity index (χ4n) is 2.94. The molecule has 2 aromatic carbocycles. The third-order valence-corrected chi connectivity index (χ3v) is 4.58. The summed E-state index contributed by atoms with van der Waals surface area (Å²) in [5, 5.41) is 8.38. The predicted octanol–water partition coefficient (Wildman–Crippen LogP) is 3.38. The Morgan fingerprint density at radius 1 is 1.18 bits per heavy atom. The quantitative estimate of drug-likeness (QED) is 0.778. The van der Waals surface area contributed by atoms with Gasteiger partial charge in [-0.05, 0) is 37.2 Å². The molecule has 2 N–H and O–H groups in total. The maximum absolute atomic E-state index is 12.3. The van der Waals surface area contributed by atoms with E-state index in [1.165, 1.54) is 0 Å². The lowest BCUT2D eigenvalue weighted by Crippen LogP contribution is -2.48. The molecule has 0 radical (unpaired) electrons. The van der Waals surface area contributed by atoms with Gasteiger partial charge >= 0.3 is 0 Å². The number of hydrogen-bond acceptors (Lipinski definition) is 3. The van der Waals surface area contributed by atoms with Crippen molar-refractivity contribution in [1.29, 1.82) is 0 Å². The summed E-state index contributed by atoms with van der Waals surface area (Å²) in [7, 11) is 0. The van der Waals surface area contributed by atoms with Gasteiger partial charge in [0.1, 0.15) is 11.2 Å². The van der Waals surface area contributed by atoms with Crippen LogP contribution in [0.3, 0.4) is 0 Å². The van der Waals surface area contributed by atoms with Gasteiger partial charge in [0.05, 0.1) is 0 Å². The molecule has 0 bridgehead atoms. The van der Waals surface area contributed by atoms with Crippen LogP contribution in [0.1, 0.15) is 6.92 Å². The molecule has 1 saturated heterocycles. The van der Waals surface area contributed by atoms with E-state index in [1.54, 1.807) is 0 Å². The van der Waals surface area contributed by atoms with E-state index < -0.39 is 0 Å². The number of fused-ring (bicyclic) bond motifs is 3. The number of furan rings is 1. The van der Waals surface area contributed by atoms with E-state index in [-0.39, 0.29) is 11.8 Å². The van der Waals surface area contributed by atoms with Gasteiger partial charge < -0.3 is 15.1 Å². The summed E-state index contributed by atoms with van der Waals surface area (Å²) in [5.41, 5.74) is 2.46. The number of anilines is 1. The van der Waals surface area contributed by atoms with Crippen molar-refractivity contribution in [1.82, 2.24) is 5.32 Å². The molecule has 1 aliphatic heterocycles. The molecule has 1 aromatic heterocycles. The standard InChI is InChI=1S/C18H18N2O2/c1-11(12-9-19-10-12)18(21)20-13-6-7-15-14-4-2-3-5-16(14)22-17(15)8-13/h2-8,11-12,19H,9-10H2,1H3,(H,20,21). The summed E-state index contributed by atoms with van der Waals surface area (Å²) in [4.78, 5) is 12.3. The topological polar surface area (TPSA) is 54.3 Å². The Balaban J connectivity index is 1.62. The molecule has 1 atom stereocenters. The number of carbonyl (C=O) groups is 1. The second kappa shape index (κ2) is 5.14. The number of nitrogens with one attached hydrogen (secondary N) is 2. The lowest BCUT2D eigenvalue weighted by Gasteiger charge is -2.31. The monoisotopic (exact) mass is 294 g/mol. The van der Waals surface area contributed by atoms with Crippen LogP contribution in [0.5, 0.6) is 0 Å². The van der Waals surface area contributed by atoms with Crippen molar-refractivity contribution in [2.75, 3.05) is 18.4 Å². The Morgan fingerprint density at radius 2 is 1.95 bits per heavy atom. The van der Waals surface area contributed by atoms with Gasteiger partial charge in [-0.2, -0.15) is 0 Å². The zero-order chi connectivity index (χ0) is 15.1.